The second-order valence-corrected chi connectivity index (χ2v) is 6.97. The van der Waals surface area contributed by atoms with E-state index in [4.69, 9.17) is 5.14 Å². The normalized spacial score (nSPS) is 19.4. The molecule has 7 heteroatoms. The Morgan fingerprint density at radius 1 is 1.29 bits per heavy atom. The van der Waals surface area contributed by atoms with E-state index < -0.39 is 10.0 Å². The lowest BCUT2D eigenvalue weighted by Gasteiger charge is -2.17. The van der Waals surface area contributed by atoms with Crippen molar-refractivity contribution >= 4 is 32.4 Å². The molecule has 1 unspecified atom stereocenters. The van der Waals surface area contributed by atoms with Gasteiger partial charge in [0.1, 0.15) is 0 Å². The van der Waals surface area contributed by atoms with E-state index in [1.165, 1.54) is 0 Å². The molecule has 21 heavy (non-hydrogen) atoms. The third-order valence-corrected chi connectivity index (χ3v) is 4.54. The highest BCUT2D eigenvalue weighted by atomic mass is 32.2. The predicted molar refractivity (Wildman–Crippen MR) is 80.2 cm³/mol. The number of hydrogen-bond donors (Lipinski definition) is 1. The fourth-order valence-electron chi connectivity index (χ4n) is 2.71. The molecule has 6 nitrogen and oxygen atoms in total. The van der Waals surface area contributed by atoms with Crippen LogP contribution in [0, 0.1) is 5.92 Å². The molecular formula is C14H15N3O3S. The number of nitrogens with zero attached hydrogens (tertiary/aromatic N) is 2. The number of benzene rings is 1. The van der Waals surface area contributed by atoms with Crippen LogP contribution in [0.2, 0.25) is 0 Å². The summed E-state index contributed by atoms with van der Waals surface area (Å²) < 4.78 is 22.3. The Morgan fingerprint density at radius 2 is 2.10 bits per heavy atom. The number of amides is 1. The molecule has 0 bridgehead atoms. The Labute approximate surface area is 122 Å². The van der Waals surface area contributed by atoms with Crippen molar-refractivity contribution < 1.29 is 13.2 Å². The fraction of sp³-hybridized carbons (Fsp3) is 0.286. The van der Waals surface area contributed by atoms with Crippen molar-refractivity contribution in [3.63, 3.8) is 0 Å². The number of primary sulfonamides is 1. The second-order valence-electron chi connectivity index (χ2n) is 5.31. The van der Waals surface area contributed by atoms with Gasteiger partial charge in [0.2, 0.25) is 15.9 Å². The number of fused-ring (bicyclic) bond motifs is 1. The molecule has 1 aromatic carbocycles. The maximum atomic E-state index is 12.1. The summed E-state index contributed by atoms with van der Waals surface area (Å²) in [4.78, 5) is 17.8. The number of carbonyl (C=O) groups excluding carboxylic acids is 1. The summed E-state index contributed by atoms with van der Waals surface area (Å²) in [6.45, 7) is 0.381. The summed E-state index contributed by atoms with van der Waals surface area (Å²) in [6.07, 6.45) is 3.67. The maximum absolute atomic E-state index is 12.1. The summed E-state index contributed by atoms with van der Waals surface area (Å²) in [7, 11) is -3.56. The predicted octanol–water partition coefficient (Wildman–Crippen LogP) is 0.876. The summed E-state index contributed by atoms with van der Waals surface area (Å²) >= 11 is 0. The zero-order valence-electron chi connectivity index (χ0n) is 11.3. The van der Waals surface area contributed by atoms with Crippen LogP contribution in [0.15, 0.2) is 36.7 Å². The lowest BCUT2D eigenvalue weighted by atomic mass is 10.1. The number of aromatic nitrogens is 1. The molecule has 1 aromatic heterocycles. The first-order chi connectivity index (χ1) is 9.92. The molecule has 0 saturated carbocycles. The third kappa shape index (κ3) is 3.03. The van der Waals surface area contributed by atoms with Crippen molar-refractivity contribution in [2.24, 2.45) is 11.1 Å². The van der Waals surface area contributed by atoms with Crippen LogP contribution in [-0.4, -0.2) is 31.6 Å². The van der Waals surface area contributed by atoms with Crippen molar-refractivity contribution in [1.29, 1.82) is 0 Å². The smallest absolute Gasteiger partial charge is 0.227 e. The molecule has 1 fully saturated rings. The zero-order valence-corrected chi connectivity index (χ0v) is 12.1. The SMILES string of the molecule is NS(=O)(=O)CC1CC(=O)N(c2ccc3cnccc3c2)C1. The Morgan fingerprint density at radius 3 is 2.86 bits per heavy atom. The van der Waals surface area contributed by atoms with Crippen LogP contribution >= 0.6 is 0 Å². The standard InChI is InChI=1S/C14H15N3O3S/c15-21(19,20)9-10-5-14(18)17(8-10)13-2-1-12-7-16-4-3-11(12)6-13/h1-4,6-7,10H,5,8-9H2,(H2,15,19,20). The summed E-state index contributed by atoms with van der Waals surface area (Å²) in [5.74, 6) is -0.482. The van der Waals surface area contributed by atoms with Gasteiger partial charge in [-0.2, -0.15) is 0 Å². The van der Waals surface area contributed by atoms with Gasteiger partial charge in [0.05, 0.1) is 5.75 Å². The molecule has 2 aromatic rings. The van der Waals surface area contributed by atoms with Crippen LogP contribution in [0.5, 0.6) is 0 Å². The summed E-state index contributed by atoms with van der Waals surface area (Å²) in [5.41, 5.74) is 0.774. The quantitative estimate of drug-likeness (QED) is 0.910. The number of nitrogens with two attached hydrogens (primary N) is 1. The highest BCUT2D eigenvalue weighted by Gasteiger charge is 2.32. The number of carbonyl (C=O) groups is 1. The number of pyridine rings is 1. The average molecular weight is 305 g/mol. The van der Waals surface area contributed by atoms with Crippen LogP contribution in [-0.2, 0) is 14.8 Å². The first-order valence-corrected chi connectivity index (χ1v) is 8.28. The Balaban J connectivity index is 1.87. The first-order valence-electron chi connectivity index (χ1n) is 6.57. The van der Waals surface area contributed by atoms with Gasteiger partial charge in [-0.3, -0.25) is 9.78 Å². The lowest BCUT2D eigenvalue weighted by molar-refractivity contribution is -0.117. The van der Waals surface area contributed by atoms with Gasteiger partial charge < -0.3 is 4.90 Å². The van der Waals surface area contributed by atoms with Crippen LogP contribution in [0.3, 0.4) is 0 Å². The molecule has 1 atom stereocenters. The van der Waals surface area contributed by atoms with E-state index in [9.17, 15) is 13.2 Å². The van der Waals surface area contributed by atoms with E-state index in [0.29, 0.717) is 6.54 Å². The average Bonchev–Trinajstić information content (AvgIpc) is 2.76. The minimum absolute atomic E-state index is 0.0722. The van der Waals surface area contributed by atoms with Gasteiger partial charge in [-0.05, 0) is 23.6 Å². The van der Waals surface area contributed by atoms with E-state index in [-0.39, 0.29) is 24.0 Å². The molecule has 1 saturated heterocycles. The van der Waals surface area contributed by atoms with Crippen LogP contribution in [0.1, 0.15) is 6.42 Å². The van der Waals surface area contributed by atoms with Crippen LogP contribution in [0.25, 0.3) is 10.8 Å². The molecular weight excluding hydrogens is 290 g/mol. The molecule has 110 valence electrons. The minimum Gasteiger partial charge on any atom is -0.312 e. The number of anilines is 1. The van der Waals surface area contributed by atoms with E-state index in [2.05, 4.69) is 4.98 Å². The number of rotatable bonds is 3. The van der Waals surface area contributed by atoms with Crippen molar-refractivity contribution in [2.45, 2.75) is 6.42 Å². The van der Waals surface area contributed by atoms with Gasteiger partial charge in [-0.15, -0.1) is 0 Å². The Bertz CT molecular complexity index is 804. The third-order valence-electron chi connectivity index (χ3n) is 3.61. The van der Waals surface area contributed by atoms with E-state index >= 15 is 0 Å². The summed E-state index contributed by atoms with van der Waals surface area (Å²) in [5, 5.41) is 7.04. The highest BCUT2D eigenvalue weighted by Crippen LogP contribution is 2.28. The Kier molecular flexibility index (Phi) is 3.38. The lowest BCUT2D eigenvalue weighted by Crippen LogP contribution is -2.27. The van der Waals surface area contributed by atoms with Gasteiger partial charge in [-0.1, -0.05) is 6.07 Å². The summed E-state index contributed by atoms with van der Waals surface area (Å²) in [6, 6.07) is 7.54. The molecule has 2 heterocycles. The molecule has 1 aliphatic rings. The van der Waals surface area contributed by atoms with Gasteiger partial charge >= 0.3 is 0 Å². The molecule has 0 aliphatic carbocycles. The van der Waals surface area contributed by atoms with Gasteiger partial charge in [-0.25, -0.2) is 13.6 Å². The van der Waals surface area contributed by atoms with Gasteiger partial charge in [0.15, 0.2) is 0 Å². The van der Waals surface area contributed by atoms with Gasteiger partial charge in [0.25, 0.3) is 0 Å². The largest absolute Gasteiger partial charge is 0.312 e. The minimum atomic E-state index is -3.56. The molecule has 1 aliphatic heterocycles. The van der Waals surface area contributed by atoms with Crippen molar-refractivity contribution in [3.8, 4) is 0 Å². The molecule has 0 spiro atoms. The molecule has 2 N–H and O–H groups in total. The van der Waals surface area contributed by atoms with E-state index in [1.807, 2.05) is 24.3 Å². The fourth-order valence-corrected chi connectivity index (χ4v) is 3.59. The first kappa shape index (κ1) is 14.0. The zero-order chi connectivity index (χ0) is 15.0. The van der Waals surface area contributed by atoms with Crippen molar-refractivity contribution in [2.75, 3.05) is 17.2 Å². The molecule has 0 radical (unpaired) electrons. The second kappa shape index (κ2) is 5.09. The Hall–Kier alpha value is -1.99. The topological polar surface area (TPSA) is 93.4 Å². The van der Waals surface area contributed by atoms with E-state index in [0.717, 1.165) is 16.5 Å². The highest BCUT2D eigenvalue weighted by molar-refractivity contribution is 7.89. The van der Waals surface area contributed by atoms with Gasteiger partial charge in [0, 0.05) is 42.4 Å². The van der Waals surface area contributed by atoms with Crippen LogP contribution in [0.4, 0.5) is 5.69 Å². The van der Waals surface area contributed by atoms with Crippen LogP contribution < -0.4 is 10.0 Å². The monoisotopic (exact) mass is 305 g/mol. The van der Waals surface area contributed by atoms with E-state index in [1.54, 1.807) is 17.3 Å². The van der Waals surface area contributed by atoms with Crippen molar-refractivity contribution in [1.82, 2.24) is 4.98 Å². The van der Waals surface area contributed by atoms with Crippen molar-refractivity contribution in [3.05, 3.63) is 36.7 Å². The number of sulfonamides is 1. The molecule has 1 amide bonds. The maximum Gasteiger partial charge on any atom is 0.227 e. The number of hydrogen-bond acceptors (Lipinski definition) is 4. The molecule has 3 rings (SSSR count).